The van der Waals surface area contributed by atoms with Crippen LogP contribution in [0.2, 0.25) is 0 Å². The highest BCUT2D eigenvalue weighted by Crippen LogP contribution is 2.38. The monoisotopic (exact) mass is 626 g/mol. The van der Waals surface area contributed by atoms with Crippen molar-refractivity contribution < 1.29 is 0 Å². The third-order valence-electron chi connectivity index (χ3n) is 9.94. The van der Waals surface area contributed by atoms with Crippen LogP contribution in [0.5, 0.6) is 0 Å². The molecular formula is C47H34N2. The summed E-state index contributed by atoms with van der Waals surface area (Å²) in [6.07, 6.45) is 3.26. The first-order valence-corrected chi connectivity index (χ1v) is 17.1. The number of rotatable bonds is 5. The maximum Gasteiger partial charge on any atom is 0.160 e. The summed E-state index contributed by atoms with van der Waals surface area (Å²) in [4.78, 5) is 11.0. The summed E-state index contributed by atoms with van der Waals surface area (Å²) in [6, 6.07) is 58.7. The van der Waals surface area contributed by atoms with E-state index in [0.717, 1.165) is 40.4 Å². The van der Waals surface area contributed by atoms with Crippen LogP contribution in [0.1, 0.15) is 30.0 Å². The minimum absolute atomic E-state index is 0.0506. The molecule has 232 valence electrons. The molecule has 0 aliphatic carbocycles. The highest BCUT2D eigenvalue weighted by atomic mass is 14.9. The van der Waals surface area contributed by atoms with Gasteiger partial charge in [-0.15, -0.1) is 0 Å². The van der Waals surface area contributed by atoms with E-state index in [9.17, 15) is 0 Å². The van der Waals surface area contributed by atoms with E-state index >= 15 is 0 Å². The number of fused-ring (bicyclic) bond motifs is 6. The highest BCUT2D eigenvalue weighted by Gasteiger charge is 2.24. The van der Waals surface area contributed by atoms with Gasteiger partial charge in [-0.05, 0) is 78.8 Å². The van der Waals surface area contributed by atoms with E-state index in [1.165, 1.54) is 54.2 Å². The van der Waals surface area contributed by atoms with Gasteiger partial charge >= 0.3 is 0 Å². The Morgan fingerprint density at radius 2 is 0.898 bits per heavy atom. The zero-order valence-electron chi connectivity index (χ0n) is 27.3. The standard InChI is InChI=1S/C47H34N2/c1-2-31-30-45(43-28-35-16-6-8-18-37(35)39-20-10-12-22-41(39)43)48-47(34-26-24-33(25-27-34)32-14-4-3-5-15-32)49-46(31)44-29-36-17-7-9-19-38(36)40-21-11-13-23-42(40)44/h3-31H,2H2,1H3/t31-/m0/s1. The Morgan fingerprint density at radius 3 is 1.51 bits per heavy atom. The predicted molar refractivity (Wildman–Crippen MR) is 210 cm³/mol. The van der Waals surface area contributed by atoms with E-state index < -0.39 is 0 Å². The molecule has 1 atom stereocenters. The van der Waals surface area contributed by atoms with Crippen LogP contribution in [-0.2, 0) is 0 Å². The van der Waals surface area contributed by atoms with E-state index in [-0.39, 0.29) is 5.92 Å². The van der Waals surface area contributed by atoms with Crippen LogP contribution in [0.4, 0.5) is 0 Å². The number of aliphatic imine (C=N–C) groups is 2. The van der Waals surface area contributed by atoms with E-state index in [0.29, 0.717) is 0 Å². The summed E-state index contributed by atoms with van der Waals surface area (Å²) < 4.78 is 0. The quantitative estimate of drug-likeness (QED) is 0.170. The van der Waals surface area contributed by atoms with Gasteiger partial charge in [-0.3, -0.25) is 0 Å². The highest BCUT2D eigenvalue weighted by molar-refractivity contribution is 6.24. The zero-order chi connectivity index (χ0) is 32.7. The van der Waals surface area contributed by atoms with Gasteiger partial charge in [-0.1, -0.05) is 159 Å². The SMILES string of the molecule is CC[C@H]1C=C(c2cc3ccccc3c3ccccc23)N=C(c2ccc(-c3ccccc3)cc2)N=C1c1cc2ccccc2c2ccccc12. The summed E-state index contributed by atoms with van der Waals surface area (Å²) >= 11 is 0. The van der Waals surface area contributed by atoms with Crippen molar-refractivity contribution in [1.29, 1.82) is 0 Å². The molecule has 8 aromatic carbocycles. The van der Waals surface area contributed by atoms with Crippen LogP contribution < -0.4 is 0 Å². The molecule has 9 rings (SSSR count). The second-order valence-electron chi connectivity index (χ2n) is 12.8. The van der Waals surface area contributed by atoms with Gasteiger partial charge in [0.05, 0.1) is 11.4 Å². The minimum Gasteiger partial charge on any atom is -0.232 e. The van der Waals surface area contributed by atoms with Gasteiger partial charge < -0.3 is 0 Å². The van der Waals surface area contributed by atoms with Crippen LogP contribution in [0.25, 0.3) is 59.9 Å². The maximum atomic E-state index is 5.56. The molecule has 49 heavy (non-hydrogen) atoms. The predicted octanol–water partition coefficient (Wildman–Crippen LogP) is 12.3. The van der Waals surface area contributed by atoms with Gasteiger partial charge in [0.2, 0.25) is 0 Å². The molecule has 1 heterocycles. The molecule has 0 spiro atoms. The Balaban J connectivity index is 1.30. The second-order valence-corrected chi connectivity index (χ2v) is 12.8. The van der Waals surface area contributed by atoms with Gasteiger partial charge in [-0.25, -0.2) is 9.98 Å². The van der Waals surface area contributed by atoms with Gasteiger partial charge in [0.1, 0.15) is 0 Å². The van der Waals surface area contributed by atoms with Gasteiger partial charge in [-0.2, -0.15) is 0 Å². The first-order valence-electron chi connectivity index (χ1n) is 17.1. The van der Waals surface area contributed by atoms with Crippen molar-refractivity contribution in [3.8, 4) is 11.1 Å². The Bertz CT molecular complexity index is 2630. The Labute approximate surface area is 286 Å². The molecule has 0 fully saturated rings. The van der Waals surface area contributed by atoms with Crippen molar-refractivity contribution in [2.45, 2.75) is 13.3 Å². The fraction of sp³-hybridized carbons (Fsp3) is 0.0638. The van der Waals surface area contributed by atoms with Crippen LogP contribution in [0.3, 0.4) is 0 Å². The van der Waals surface area contributed by atoms with Crippen molar-refractivity contribution in [1.82, 2.24) is 0 Å². The number of hydrogen-bond acceptors (Lipinski definition) is 2. The number of nitrogens with zero attached hydrogens (tertiary/aromatic N) is 2. The van der Waals surface area contributed by atoms with E-state index in [1.807, 2.05) is 0 Å². The molecule has 2 heteroatoms. The van der Waals surface area contributed by atoms with Gasteiger partial charge in [0.15, 0.2) is 5.84 Å². The lowest BCUT2D eigenvalue weighted by atomic mass is 9.87. The fourth-order valence-corrected chi connectivity index (χ4v) is 7.47. The lowest BCUT2D eigenvalue weighted by Gasteiger charge is -2.18. The fourth-order valence-electron chi connectivity index (χ4n) is 7.47. The Morgan fingerprint density at radius 1 is 0.429 bits per heavy atom. The molecule has 0 unspecified atom stereocenters. The average Bonchev–Trinajstić information content (AvgIpc) is 3.38. The third kappa shape index (κ3) is 5.14. The molecule has 0 radical (unpaired) electrons. The Hall–Kier alpha value is -6.12. The molecule has 0 saturated heterocycles. The number of allylic oxidation sites excluding steroid dienone is 1. The molecule has 2 nitrogen and oxygen atoms in total. The lowest BCUT2D eigenvalue weighted by Crippen LogP contribution is -2.15. The van der Waals surface area contributed by atoms with Crippen molar-refractivity contribution in [3.63, 3.8) is 0 Å². The molecule has 8 aromatic rings. The Kier molecular flexibility index (Phi) is 7.21. The lowest BCUT2D eigenvalue weighted by molar-refractivity contribution is 0.820. The van der Waals surface area contributed by atoms with Crippen LogP contribution >= 0.6 is 0 Å². The summed E-state index contributed by atoms with van der Waals surface area (Å²) in [6.45, 7) is 2.26. The summed E-state index contributed by atoms with van der Waals surface area (Å²) in [5, 5.41) is 9.83. The number of benzene rings is 8. The molecular weight excluding hydrogens is 593 g/mol. The van der Waals surface area contributed by atoms with E-state index in [1.54, 1.807) is 0 Å². The van der Waals surface area contributed by atoms with Crippen molar-refractivity contribution in [2.24, 2.45) is 15.9 Å². The minimum atomic E-state index is 0.0506. The van der Waals surface area contributed by atoms with Crippen LogP contribution in [0.15, 0.2) is 180 Å². The summed E-state index contributed by atoms with van der Waals surface area (Å²) in [5.41, 5.74) is 7.66. The molecule has 0 N–H and O–H groups in total. The maximum absolute atomic E-state index is 5.56. The molecule has 1 aliphatic rings. The summed E-state index contributed by atoms with van der Waals surface area (Å²) in [7, 11) is 0. The summed E-state index contributed by atoms with van der Waals surface area (Å²) in [5.74, 6) is 0.779. The molecule has 0 bridgehead atoms. The van der Waals surface area contributed by atoms with E-state index in [4.69, 9.17) is 9.98 Å². The molecule has 0 amide bonds. The molecule has 1 aliphatic heterocycles. The smallest absolute Gasteiger partial charge is 0.160 e. The van der Waals surface area contributed by atoms with Crippen LogP contribution in [0, 0.1) is 5.92 Å². The molecule has 0 saturated carbocycles. The largest absolute Gasteiger partial charge is 0.232 e. The van der Waals surface area contributed by atoms with Crippen molar-refractivity contribution >= 4 is 60.3 Å². The number of amidine groups is 1. The zero-order valence-corrected chi connectivity index (χ0v) is 27.3. The first kappa shape index (κ1) is 29.1. The van der Waals surface area contributed by atoms with E-state index in [2.05, 4.69) is 177 Å². The van der Waals surface area contributed by atoms with Crippen LogP contribution in [-0.4, -0.2) is 11.5 Å². The second kappa shape index (κ2) is 12.2. The topological polar surface area (TPSA) is 24.7 Å². The van der Waals surface area contributed by atoms with Gasteiger partial charge in [0, 0.05) is 22.6 Å². The molecule has 0 aromatic heterocycles. The normalized spacial score (nSPS) is 14.9. The average molecular weight is 627 g/mol. The van der Waals surface area contributed by atoms with Gasteiger partial charge in [0.25, 0.3) is 0 Å². The number of hydrogen-bond donors (Lipinski definition) is 0. The first-order chi connectivity index (χ1) is 24.2. The van der Waals surface area contributed by atoms with Crippen molar-refractivity contribution in [2.75, 3.05) is 0 Å². The van der Waals surface area contributed by atoms with Crippen molar-refractivity contribution in [3.05, 3.63) is 187 Å². The third-order valence-corrected chi connectivity index (χ3v) is 9.94.